The number of hydrogen-bond acceptors (Lipinski definition) is 2. The van der Waals surface area contributed by atoms with E-state index in [-0.39, 0.29) is 0 Å². The van der Waals surface area contributed by atoms with Gasteiger partial charge in [0.15, 0.2) is 0 Å². The summed E-state index contributed by atoms with van der Waals surface area (Å²) in [4.78, 5) is 0. The van der Waals surface area contributed by atoms with Crippen molar-refractivity contribution in [2.45, 2.75) is 66.0 Å². The van der Waals surface area contributed by atoms with Gasteiger partial charge < -0.3 is 10.6 Å². The van der Waals surface area contributed by atoms with Crippen molar-refractivity contribution < 1.29 is 0 Å². The molecule has 0 bridgehead atoms. The van der Waals surface area contributed by atoms with Crippen molar-refractivity contribution in [3.05, 3.63) is 0 Å². The molecule has 102 valence electrons. The Kier molecular flexibility index (Phi) is 6.50. The summed E-state index contributed by atoms with van der Waals surface area (Å²) in [6.07, 6.45) is 4.00. The highest BCUT2D eigenvalue weighted by Crippen LogP contribution is 2.20. The largest absolute Gasteiger partial charge is 0.314 e. The van der Waals surface area contributed by atoms with Crippen LogP contribution < -0.4 is 10.6 Å². The van der Waals surface area contributed by atoms with Gasteiger partial charge in [-0.15, -0.1) is 0 Å². The second-order valence-corrected chi connectivity index (χ2v) is 6.49. The zero-order valence-corrected chi connectivity index (χ0v) is 12.4. The Balaban J connectivity index is 2.23. The molecule has 0 saturated carbocycles. The van der Waals surface area contributed by atoms with Gasteiger partial charge in [-0.05, 0) is 57.0 Å². The topological polar surface area (TPSA) is 24.1 Å². The smallest absolute Gasteiger partial charge is 0.00822 e. The third-order valence-electron chi connectivity index (χ3n) is 4.22. The molecule has 1 rings (SSSR count). The van der Waals surface area contributed by atoms with Crippen LogP contribution in [-0.2, 0) is 0 Å². The average molecular weight is 240 g/mol. The van der Waals surface area contributed by atoms with E-state index in [0.29, 0.717) is 6.04 Å². The van der Waals surface area contributed by atoms with E-state index in [2.05, 4.69) is 45.3 Å². The van der Waals surface area contributed by atoms with Gasteiger partial charge in [0.25, 0.3) is 0 Å². The molecule has 1 aliphatic heterocycles. The molecular formula is C15H32N2. The van der Waals surface area contributed by atoms with Crippen molar-refractivity contribution in [1.82, 2.24) is 10.6 Å². The fraction of sp³-hybridized carbons (Fsp3) is 1.00. The van der Waals surface area contributed by atoms with Gasteiger partial charge in [-0.3, -0.25) is 0 Å². The van der Waals surface area contributed by atoms with Crippen LogP contribution in [0, 0.1) is 17.8 Å². The maximum atomic E-state index is 3.73. The molecule has 0 aromatic rings. The molecule has 0 amide bonds. The van der Waals surface area contributed by atoms with Crippen LogP contribution in [0.1, 0.15) is 53.9 Å². The van der Waals surface area contributed by atoms with E-state index < -0.39 is 0 Å². The molecule has 1 heterocycles. The molecule has 0 aromatic heterocycles. The minimum atomic E-state index is 0.644. The molecule has 2 nitrogen and oxygen atoms in total. The van der Waals surface area contributed by atoms with Crippen LogP contribution in [0.15, 0.2) is 0 Å². The van der Waals surface area contributed by atoms with E-state index in [1.807, 2.05) is 0 Å². The Morgan fingerprint density at radius 1 is 1.12 bits per heavy atom. The summed E-state index contributed by atoms with van der Waals surface area (Å²) in [5.41, 5.74) is 0. The molecule has 1 fully saturated rings. The number of hydrogen-bond donors (Lipinski definition) is 2. The first-order valence-electron chi connectivity index (χ1n) is 7.47. The fourth-order valence-electron chi connectivity index (χ4n) is 3.05. The standard InChI is InChI=1S/C15H32N2/c1-11(2)15(12(3)4)10-17-13(5)9-14-7-6-8-16-14/h11-17H,6-10H2,1-5H3. The zero-order chi connectivity index (χ0) is 12.8. The summed E-state index contributed by atoms with van der Waals surface area (Å²) in [5.74, 6) is 2.35. The van der Waals surface area contributed by atoms with E-state index in [4.69, 9.17) is 0 Å². The monoisotopic (exact) mass is 240 g/mol. The maximum Gasteiger partial charge on any atom is 0.00822 e. The Morgan fingerprint density at radius 3 is 2.24 bits per heavy atom. The quantitative estimate of drug-likeness (QED) is 0.715. The highest BCUT2D eigenvalue weighted by atomic mass is 15.0. The molecule has 2 atom stereocenters. The minimum absolute atomic E-state index is 0.644. The van der Waals surface area contributed by atoms with Crippen molar-refractivity contribution in [2.75, 3.05) is 13.1 Å². The molecular weight excluding hydrogens is 208 g/mol. The van der Waals surface area contributed by atoms with Crippen molar-refractivity contribution >= 4 is 0 Å². The molecule has 2 heteroatoms. The van der Waals surface area contributed by atoms with Crippen LogP contribution in [0.25, 0.3) is 0 Å². The fourth-order valence-corrected chi connectivity index (χ4v) is 3.05. The van der Waals surface area contributed by atoms with Gasteiger partial charge in [0.1, 0.15) is 0 Å². The predicted molar refractivity (Wildman–Crippen MR) is 76.3 cm³/mol. The Labute approximate surface area is 108 Å². The van der Waals surface area contributed by atoms with Crippen LogP contribution in [0.4, 0.5) is 0 Å². The highest BCUT2D eigenvalue weighted by Gasteiger charge is 2.20. The van der Waals surface area contributed by atoms with Crippen molar-refractivity contribution in [1.29, 1.82) is 0 Å². The molecule has 1 saturated heterocycles. The van der Waals surface area contributed by atoms with Gasteiger partial charge >= 0.3 is 0 Å². The second kappa shape index (κ2) is 7.38. The van der Waals surface area contributed by atoms with Crippen LogP contribution in [0.3, 0.4) is 0 Å². The Hall–Kier alpha value is -0.0800. The van der Waals surface area contributed by atoms with Crippen molar-refractivity contribution in [2.24, 2.45) is 17.8 Å². The summed E-state index contributed by atoms with van der Waals surface area (Å²) in [6, 6.07) is 1.40. The first-order valence-corrected chi connectivity index (χ1v) is 7.47. The lowest BCUT2D eigenvalue weighted by Gasteiger charge is -2.27. The van der Waals surface area contributed by atoms with Gasteiger partial charge in [-0.25, -0.2) is 0 Å². The maximum absolute atomic E-state index is 3.73. The highest BCUT2D eigenvalue weighted by molar-refractivity contribution is 4.79. The summed E-state index contributed by atoms with van der Waals surface area (Å²) < 4.78 is 0. The molecule has 0 aliphatic carbocycles. The molecule has 0 aromatic carbocycles. The second-order valence-electron chi connectivity index (χ2n) is 6.49. The van der Waals surface area contributed by atoms with Gasteiger partial charge in [0.05, 0.1) is 0 Å². The van der Waals surface area contributed by atoms with E-state index in [9.17, 15) is 0 Å². The predicted octanol–water partition coefficient (Wildman–Crippen LogP) is 3.03. The first-order chi connectivity index (χ1) is 8.00. The lowest BCUT2D eigenvalue weighted by atomic mass is 9.85. The van der Waals surface area contributed by atoms with E-state index in [0.717, 1.165) is 23.8 Å². The summed E-state index contributed by atoms with van der Waals surface area (Å²) in [7, 11) is 0. The zero-order valence-electron chi connectivity index (χ0n) is 12.4. The SMILES string of the molecule is CC(CC1CCCN1)NCC(C(C)C)C(C)C. The molecule has 0 spiro atoms. The van der Waals surface area contributed by atoms with Gasteiger partial charge in [-0.2, -0.15) is 0 Å². The van der Waals surface area contributed by atoms with E-state index in [1.165, 1.54) is 32.4 Å². The lowest BCUT2D eigenvalue weighted by molar-refractivity contribution is 0.262. The van der Waals surface area contributed by atoms with Gasteiger partial charge in [-0.1, -0.05) is 27.7 Å². The van der Waals surface area contributed by atoms with Gasteiger partial charge in [0, 0.05) is 12.1 Å². The van der Waals surface area contributed by atoms with Crippen molar-refractivity contribution in [3.63, 3.8) is 0 Å². The Morgan fingerprint density at radius 2 is 1.76 bits per heavy atom. The third-order valence-corrected chi connectivity index (χ3v) is 4.22. The average Bonchev–Trinajstić information content (AvgIpc) is 2.69. The van der Waals surface area contributed by atoms with E-state index >= 15 is 0 Å². The number of rotatable bonds is 7. The minimum Gasteiger partial charge on any atom is -0.314 e. The Bertz CT molecular complexity index is 187. The van der Waals surface area contributed by atoms with Crippen molar-refractivity contribution in [3.8, 4) is 0 Å². The molecule has 17 heavy (non-hydrogen) atoms. The van der Waals surface area contributed by atoms with Gasteiger partial charge in [0.2, 0.25) is 0 Å². The summed E-state index contributed by atoms with van der Waals surface area (Å²) in [5, 5.41) is 7.31. The molecule has 2 N–H and O–H groups in total. The lowest BCUT2D eigenvalue weighted by Crippen LogP contribution is -2.38. The normalized spacial score (nSPS) is 22.9. The molecule has 1 aliphatic rings. The first kappa shape index (κ1) is 15.0. The summed E-state index contributed by atoms with van der Waals surface area (Å²) >= 11 is 0. The third kappa shape index (κ3) is 5.39. The van der Waals surface area contributed by atoms with Crippen LogP contribution in [0.2, 0.25) is 0 Å². The van der Waals surface area contributed by atoms with E-state index in [1.54, 1.807) is 0 Å². The molecule has 0 radical (unpaired) electrons. The van der Waals surface area contributed by atoms with Crippen LogP contribution >= 0.6 is 0 Å². The van der Waals surface area contributed by atoms with Crippen LogP contribution in [-0.4, -0.2) is 25.2 Å². The van der Waals surface area contributed by atoms with Crippen LogP contribution in [0.5, 0.6) is 0 Å². The number of nitrogens with one attached hydrogen (secondary N) is 2. The summed E-state index contributed by atoms with van der Waals surface area (Å²) in [6.45, 7) is 14.1. The molecule has 2 unspecified atom stereocenters.